The molecule has 0 radical (unpaired) electrons. The second kappa shape index (κ2) is 12.5. The highest BCUT2D eigenvalue weighted by Crippen LogP contribution is 2.33. The second-order valence-corrected chi connectivity index (χ2v) is 9.52. The number of rotatable bonds is 12. The van der Waals surface area contributed by atoms with Crippen LogP contribution in [0.15, 0.2) is 28.7 Å². The van der Waals surface area contributed by atoms with E-state index in [1.807, 2.05) is 17.6 Å². The summed E-state index contributed by atoms with van der Waals surface area (Å²) >= 11 is 0. The largest absolute Gasteiger partial charge is 0.491 e. The molecule has 0 bridgehead atoms. The molecule has 0 aliphatic carbocycles. The monoisotopic (exact) mass is 528 g/mol. The number of aromatic nitrogens is 3. The summed E-state index contributed by atoms with van der Waals surface area (Å²) < 4.78 is 18.8. The van der Waals surface area contributed by atoms with Crippen molar-refractivity contribution in [3.63, 3.8) is 0 Å². The Morgan fingerprint density at radius 3 is 2.66 bits per heavy atom. The minimum atomic E-state index is -0.616. The third kappa shape index (κ3) is 7.48. The number of oxazole rings is 1. The van der Waals surface area contributed by atoms with Crippen molar-refractivity contribution in [2.75, 3.05) is 25.1 Å². The number of aliphatic hydroxyl groups is 1. The van der Waals surface area contributed by atoms with Crippen LogP contribution in [0.25, 0.3) is 11.0 Å². The van der Waals surface area contributed by atoms with E-state index in [-0.39, 0.29) is 25.3 Å². The molecule has 0 aliphatic rings. The maximum Gasteiger partial charge on any atom is 0.407 e. The molecule has 38 heavy (non-hydrogen) atoms. The van der Waals surface area contributed by atoms with Crippen molar-refractivity contribution >= 4 is 34.9 Å². The van der Waals surface area contributed by atoms with Crippen molar-refractivity contribution < 1.29 is 28.6 Å². The lowest BCUT2D eigenvalue weighted by atomic mass is 10.1. The number of ether oxygens (including phenoxy) is 2. The minimum Gasteiger partial charge on any atom is -0.491 e. The van der Waals surface area contributed by atoms with Crippen molar-refractivity contribution in [1.82, 2.24) is 19.9 Å². The van der Waals surface area contributed by atoms with Gasteiger partial charge in [0, 0.05) is 38.6 Å². The molecule has 3 rings (SSSR count). The van der Waals surface area contributed by atoms with Gasteiger partial charge in [-0.3, -0.25) is 10.1 Å². The minimum absolute atomic E-state index is 0.0389. The predicted molar refractivity (Wildman–Crippen MR) is 143 cm³/mol. The number of hydrogen-bond acceptors (Lipinski definition) is 9. The van der Waals surface area contributed by atoms with Gasteiger partial charge in [-0.1, -0.05) is 19.1 Å². The number of aliphatic hydroxyl groups excluding tert-OH is 1. The number of benzene rings is 1. The molecule has 0 aliphatic heterocycles. The summed E-state index contributed by atoms with van der Waals surface area (Å²) in [6.07, 6.45) is 4.20. The molecule has 1 aromatic carbocycles. The van der Waals surface area contributed by atoms with Crippen molar-refractivity contribution in [2.45, 2.75) is 59.6 Å². The summed E-state index contributed by atoms with van der Waals surface area (Å²) in [6.45, 7) is 9.92. The van der Waals surface area contributed by atoms with Crippen molar-refractivity contribution in [2.24, 2.45) is 5.73 Å². The number of nitrogens with zero attached hydrogens (tertiary/aromatic N) is 3. The second-order valence-electron chi connectivity index (χ2n) is 9.52. The Labute approximate surface area is 221 Å². The van der Waals surface area contributed by atoms with Crippen LogP contribution in [-0.2, 0) is 17.7 Å². The van der Waals surface area contributed by atoms with Crippen LogP contribution in [-0.4, -0.2) is 57.0 Å². The molecule has 0 saturated heterocycles. The van der Waals surface area contributed by atoms with Crippen molar-refractivity contribution in [3.05, 3.63) is 41.4 Å². The van der Waals surface area contributed by atoms with Gasteiger partial charge in [0.25, 0.3) is 0 Å². The van der Waals surface area contributed by atoms with E-state index in [9.17, 15) is 14.7 Å². The first-order chi connectivity index (χ1) is 18.0. The van der Waals surface area contributed by atoms with Gasteiger partial charge in [0.2, 0.25) is 17.7 Å². The van der Waals surface area contributed by atoms with Gasteiger partial charge < -0.3 is 34.6 Å². The number of hydrogen-bond donors (Lipinski definition) is 4. The van der Waals surface area contributed by atoms with E-state index in [2.05, 4.69) is 15.6 Å². The van der Waals surface area contributed by atoms with Gasteiger partial charge in [0.1, 0.15) is 22.6 Å². The Balaban J connectivity index is 1.97. The number of carbonyl (C=O) groups excluding carboxylic acids is 2. The molecule has 0 fully saturated rings. The van der Waals surface area contributed by atoms with Gasteiger partial charge in [-0.15, -0.1) is 0 Å². The fourth-order valence-corrected chi connectivity index (χ4v) is 3.63. The molecular weight excluding hydrogens is 492 g/mol. The maximum absolute atomic E-state index is 12.0. The van der Waals surface area contributed by atoms with E-state index >= 15 is 0 Å². The van der Waals surface area contributed by atoms with Crippen molar-refractivity contribution in [1.29, 1.82) is 0 Å². The van der Waals surface area contributed by atoms with Crippen molar-refractivity contribution in [3.8, 4) is 5.75 Å². The number of allylic oxidation sites excluding steroid dienone is 1. The van der Waals surface area contributed by atoms with Gasteiger partial charge in [-0.25, -0.2) is 14.8 Å². The highest BCUT2D eigenvalue weighted by atomic mass is 16.6. The molecule has 206 valence electrons. The molecule has 3 aromatic rings. The lowest BCUT2D eigenvalue weighted by Crippen LogP contribution is -2.32. The van der Waals surface area contributed by atoms with Crippen LogP contribution < -0.4 is 21.1 Å². The molecule has 0 unspecified atom stereocenters. The zero-order valence-electron chi connectivity index (χ0n) is 22.5. The number of fused-ring (bicyclic) bond motifs is 1. The number of aryl methyl sites for hydroxylation is 2. The number of nitrogens with two attached hydrogens (primary N) is 1. The third-order valence-corrected chi connectivity index (χ3v) is 5.23. The van der Waals surface area contributed by atoms with E-state index in [1.165, 1.54) is 0 Å². The molecule has 12 nitrogen and oxygen atoms in total. The zero-order chi connectivity index (χ0) is 27.9. The smallest absolute Gasteiger partial charge is 0.407 e. The SMILES string of the molecule is CCc1nc(C)oc1Nc1nc2cc(C(N)=O)cc(OCCCO)c2n1C/C=C/CNC(=O)OC(C)(C)C. The number of nitrogens with one attached hydrogen (secondary N) is 2. The molecule has 0 spiro atoms. The summed E-state index contributed by atoms with van der Waals surface area (Å²) in [5.41, 5.74) is 7.06. The maximum atomic E-state index is 12.0. The summed E-state index contributed by atoms with van der Waals surface area (Å²) in [5, 5.41) is 15.1. The third-order valence-electron chi connectivity index (χ3n) is 5.23. The first-order valence-corrected chi connectivity index (χ1v) is 12.4. The predicted octanol–water partition coefficient (Wildman–Crippen LogP) is 3.58. The number of alkyl carbamates (subject to hydrolysis) is 1. The lowest BCUT2D eigenvalue weighted by Gasteiger charge is -2.19. The number of amides is 2. The quantitative estimate of drug-likeness (QED) is 0.203. The molecule has 2 amide bonds. The Kier molecular flexibility index (Phi) is 9.35. The number of anilines is 2. The fraction of sp³-hybridized carbons (Fsp3) is 0.462. The average molecular weight is 529 g/mol. The summed E-state index contributed by atoms with van der Waals surface area (Å²) in [6, 6.07) is 3.16. The van der Waals surface area contributed by atoms with Crippen LogP contribution in [0.3, 0.4) is 0 Å². The van der Waals surface area contributed by atoms with E-state index < -0.39 is 17.6 Å². The van der Waals surface area contributed by atoms with Gasteiger partial charge >= 0.3 is 6.09 Å². The van der Waals surface area contributed by atoms with Gasteiger partial charge in [0.15, 0.2) is 5.89 Å². The topological polar surface area (TPSA) is 167 Å². The Morgan fingerprint density at radius 1 is 1.24 bits per heavy atom. The average Bonchev–Trinajstić information content (AvgIpc) is 3.36. The standard InChI is InChI=1S/C26H36N6O6/c1-6-18-23(37-16(2)29-18)31-24-30-19-14-17(22(27)34)15-20(36-13-9-12-33)21(19)32(24)11-8-7-10-28-25(35)38-26(3,4)5/h7-8,14-15,33H,6,9-13H2,1-5H3,(H2,27,34)(H,28,35)(H,30,31)/b8-7+. The Bertz CT molecular complexity index is 1300. The first-order valence-electron chi connectivity index (χ1n) is 12.4. The highest BCUT2D eigenvalue weighted by Gasteiger charge is 2.20. The van der Waals surface area contributed by atoms with Gasteiger partial charge in [0.05, 0.1) is 12.1 Å². The molecule has 2 aromatic heterocycles. The molecule has 12 heteroatoms. The van der Waals surface area contributed by atoms with Crippen LogP contribution >= 0.6 is 0 Å². The highest BCUT2D eigenvalue weighted by molar-refractivity contribution is 5.99. The van der Waals surface area contributed by atoms with E-state index in [4.69, 9.17) is 24.6 Å². The molecular formula is C26H36N6O6. The number of imidazole rings is 1. The molecule has 0 atom stereocenters. The van der Waals surface area contributed by atoms with Crippen LogP contribution in [0, 0.1) is 6.92 Å². The molecule has 2 heterocycles. The Hall–Kier alpha value is -4.06. The molecule has 5 N–H and O–H groups in total. The van der Waals surface area contributed by atoms with Gasteiger partial charge in [-0.05, 0) is 39.3 Å². The van der Waals surface area contributed by atoms with E-state index in [1.54, 1.807) is 45.9 Å². The fourth-order valence-electron chi connectivity index (χ4n) is 3.63. The summed E-state index contributed by atoms with van der Waals surface area (Å²) in [7, 11) is 0. The van der Waals surface area contributed by atoms with Crippen LogP contribution in [0.5, 0.6) is 5.75 Å². The summed E-state index contributed by atoms with van der Waals surface area (Å²) in [4.78, 5) is 33.0. The van der Waals surface area contributed by atoms with E-state index in [0.717, 1.165) is 5.69 Å². The normalized spacial score (nSPS) is 11.7. The van der Waals surface area contributed by atoms with Gasteiger partial charge in [-0.2, -0.15) is 0 Å². The number of primary amides is 1. The number of carbonyl (C=O) groups is 2. The van der Waals surface area contributed by atoms with Crippen LogP contribution in [0.4, 0.5) is 16.6 Å². The van der Waals surface area contributed by atoms with Crippen LogP contribution in [0.2, 0.25) is 0 Å². The Morgan fingerprint density at radius 2 is 2.00 bits per heavy atom. The lowest BCUT2D eigenvalue weighted by molar-refractivity contribution is 0.0534. The van der Waals surface area contributed by atoms with E-state index in [0.29, 0.717) is 53.9 Å². The summed E-state index contributed by atoms with van der Waals surface area (Å²) in [5.74, 6) is 1.20. The molecule has 0 saturated carbocycles. The van der Waals surface area contributed by atoms with Crippen LogP contribution in [0.1, 0.15) is 56.1 Å². The zero-order valence-corrected chi connectivity index (χ0v) is 22.5. The first kappa shape index (κ1) is 28.5.